The van der Waals surface area contributed by atoms with Gasteiger partial charge in [-0.05, 0) is 71.5 Å². The standard InChI is InChI=1S/C19H14FIN2O4/c1-2-27-16-7-6-11(9-15(16)21)8-14-17(24)22-19(26)23(18(14)25)13-5-3-4-12(20)10-13/h3-10H,2H2,1H3,(H,22,24,26)/b14-8+. The van der Waals surface area contributed by atoms with Crippen LogP contribution >= 0.6 is 22.6 Å². The highest BCUT2D eigenvalue weighted by Gasteiger charge is 2.36. The number of amides is 4. The molecule has 0 bridgehead atoms. The number of ether oxygens (including phenoxy) is 1. The lowest BCUT2D eigenvalue weighted by molar-refractivity contribution is -0.122. The SMILES string of the molecule is CCOc1ccc(/C=C2\C(=O)NC(=O)N(c3cccc(F)c3)C2=O)cc1I. The number of benzene rings is 2. The molecular weight excluding hydrogens is 466 g/mol. The molecule has 2 aromatic carbocycles. The maximum absolute atomic E-state index is 13.5. The van der Waals surface area contributed by atoms with Crippen LogP contribution in [-0.4, -0.2) is 24.5 Å². The number of nitrogens with one attached hydrogen (secondary N) is 1. The molecule has 0 aromatic heterocycles. The highest BCUT2D eigenvalue weighted by Crippen LogP contribution is 2.25. The highest BCUT2D eigenvalue weighted by atomic mass is 127. The summed E-state index contributed by atoms with van der Waals surface area (Å²) >= 11 is 2.09. The third-order valence-corrected chi connectivity index (χ3v) is 4.58. The molecule has 3 rings (SSSR count). The van der Waals surface area contributed by atoms with Crippen LogP contribution in [0.15, 0.2) is 48.0 Å². The molecule has 0 radical (unpaired) electrons. The van der Waals surface area contributed by atoms with E-state index in [2.05, 4.69) is 27.9 Å². The fourth-order valence-corrected chi connectivity index (χ4v) is 3.25. The summed E-state index contributed by atoms with van der Waals surface area (Å²) in [5.41, 5.74) is 0.408. The smallest absolute Gasteiger partial charge is 0.335 e. The van der Waals surface area contributed by atoms with Crippen LogP contribution in [0.1, 0.15) is 12.5 Å². The van der Waals surface area contributed by atoms with Crippen LogP contribution in [0.4, 0.5) is 14.9 Å². The Hall–Kier alpha value is -2.75. The van der Waals surface area contributed by atoms with E-state index < -0.39 is 23.7 Å². The van der Waals surface area contributed by atoms with Gasteiger partial charge < -0.3 is 4.74 Å². The Kier molecular flexibility index (Phi) is 5.54. The van der Waals surface area contributed by atoms with Gasteiger partial charge in [-0.1, -0.05) is 12.1 Å². The molecule has 0 aliphatic carbocycles. The van der Waals surface area contributed by atoms with Crippen molar-refractivity contribution < 1.29 is 23.5 Å². The first kappa shape index (κ1) is 19.0. The summed E-state index contributed by atoms with van der Waals surface area (Å²) in [6.45, 7) is 2.39. The molecule has 2 aromatic rings. The molecule has 1 fully saturated rings. The third kappa shape index (κ3) is 4.00. The number of imide groups is 2. The van der Waals surface area contributed by atoms with Gasteiger partial charge >= 0.3 is 6.03 Å². The molecule has 1 aliphatic rings. The van der Waals surface area contributed by atoms with Crippen LogP contribution in [0.5, 0.6) is 5.75 Å². The maximum atomic E-state index is 13.5. The lowest BCUT2D eigenvalue weighted by atomic mass is 10.1. The van der Waals surface area contributed by atoms with Crippen LogP contribution in [0.3, 0.4) is 0 Å². The van der Waals surface area contributed by atoms with E-state index in [0.717, 1.165) is 14.5 Å². The lowest BCUT2D eigenvalue weighted by Gasteiger charge is -2.26. The minimum atomic E-state index is -0.922. The van der Waals surface area contributed by atoms with E-state index in [9.17, 15) is 18.8 Å². The first-order valence-electron chi connectivity index (χ1n) is 8.00. The molecule has 6 nitrogen and oxygen atoms in total. The molecule has 1 heterocycles. The van der Waals surface area contributed by atoms with Crippen molar-refractivity contribution in [3.05, 3.63) is 63.0 Å². The Morgan fingerprint density at radius 2 is 1.96 bits per heavy atom. The Morgan fingerprint density at radius 1 is 1.19 bits per heavy atom. The molecule has 1 N–H and O–H groups in total. The fourth-order valence-electron chi connectivity index (χ4n) is 2.55. The van der Waals surface area contributed by atoms with E-state index in [1.807, 2.05) is 6.92 Å². The fraction of sp³-hybridized carbons (Fsp3) is 0.105. The second-order valence-electron chi connectivity index (χ2n) is 5.56. The number of urea groups is 1. The largest absolute Gasteiger partial charge is 0.493 e. The van der Waals surface area contributed by atoms with Crippen LogP contribution < -0.4 is 15.0 Å². The average molecular weight is 480 g/mol. The number of rotatable bonds is 4. The molecule has 138 valence electrons. The van der Waals surface area contributed by atoms with Crippen molar-refractivity contribution in [3.8, 4) is 5.75 Å². The van der Waals surface area contributed by atoms with Crippen LogP contribution in [-0.2, 0) is 9.59 Å². The van der Waals surface area contributed by atoms with Crippen LogP contribution in [0.25, 0.3) is 6.08 Å². The molecule has 0 spiro atoms. The minimum absolute atomic E-state index is 0.0391. The molecule has 0 saturated carbocycles. The number of hydrogen-bond donors (Lipinski definition) is 1. The topological polar surface area (TPSA) is 75.7 Å². The van der Waals surface area contributed by atoms with Gasteiger partial charge in [-0.2, -0.15) is 0 Å². The number of carbonyl (C=O) groups is 3. The predicted octanol–water partition coefficient (Wildman–Crippen LogP) is 3.50. The molecular formula is C19H14FIN2O4. The first-order chi connectivity index (χ1) is 12.9. The van der Waals surface area contributed by atoms with Gasteiger partial charge in [0.05, 0.1) is 15.9 Å². The summed E-state index contributed by atoms with van der Waals surface area (Å²) in [5, 5.41) is 2.10. The molecule has 0 atom stereocenters. The zero-order chi connectivity index (χ0) is 19.6. The van der Waals surface area contributed by atoms with Gasteiger partial charge in [-0.15, -0.1) is 0 Å². The van der Waals surface area contributed by atoms with Crippen LogP contribution in [0.2, 0.25) is 0 Å². The summed E-state index contributed by atoms with van der Waals surface area (Å²) in [4.78, 5) is 37.7. The third-order valence-electron chi connectivity index (χ3n) is 3.73. The van der Waals surface area contributed by atoms with Crippen molar-refractivity contribution in [1.29, 1.82) is 0 Å². The van der Waals surface area contributed by atoms with Crippen molar-refractivity contribution in [2.24, 2.45) is 0 Å². The Balaban J connectivity index is 1.98. The number of nitrogens with zero attached hydrogens (tertiary/aromatic N) is 1. The minimum Gasteiger partial charge on any atom is -0.493 e. The van der Waals surface area contributed by atoms with Gasteiger partial charge in [0.1, 0.15) is 17.1 Å². The zero-order valence-electron chi connectivity index (χ0n) is 14.2. The molecule has 27 heavy (non-hydrogen) atoms. The van der Waals surface area contributed by atoms with Crippen molar-refractivity contribution in [3.63, 3.8) is 0 Å². The van der Waals surface area contributed by atoms with Gasteiger partial charge in [0, 0.05) is 0 Å². The normalized spacial score (nSPS) is 15.9. The number of hydrogen-bond acceptors (Lipinski definition) is 4. The maximum Gasteiger partial charge on any atom is 0.335 e. The molecule has 4 amide bonds. The Morgan fingerprint density at radius 3 is 2.63 bits per heavy atom. The Bertz CT molecular complexity index is 974. The summed E-state index contributed by atoms with van der Waals surface area (Å²) < 4.78 is 19.7. The summed E-state index contributed by atoms with van der Waals surface area (Å²) in [5.74, 6) is -1.53. The van der Waals surface area contributed by atoms with Gasteiger partial charge in [0.25, 0.3) is 11.8 Å². The highest BCUT2D eigenvalue weighted by molar-refractivity contribution is 14.1. The number of anilines is 1. The second kappa shape index (κ2) is 7.87. The lowest BCUT2D eigenvalue weighted by Crippen LogP contribution is -2.54. The van der Waals surface area contributed by atoms with E-state index in [-0.39, 0.29) is 11.3 Å². The van der Waals surface area contributed by atoms with Gasteiger partial charge in [0.15, 0.2) is 0 Å². The van der Waals surface area contributed by atoms with Crippen molar-refractivity contribution in [2.75, 3.05) is 11.5 Å². The van der Waals surface area contributed by atoms with E-state index >= 15 is 0 Å². The number of barbiturate groups is 1. The summed E-state index contributed by atoms with van der Waals surface area (Å²) in [6, 6.07) is 9.29. The monoisotopic (exact) mass is 480 g/mol. The average Bonchev–Trinajstić information content (AvgIpc) is 2.61. The van der Waals surface area contributed by atoms with E-state index in [0.29, 0.717) is 17.9 Å². The van der Waals surface area contributed by atoms with E-state index in [1.54, 1.807) is 18.2 Å². The summed E-state index contributed by atoms with van der Waals surface area (Å²) in [7, 11) is 0. The van der Waals surface area contributed by atoms with E-state index in [1.165, 1.54) is 24.3 Å². The van der Waals surface area contributed by atoms with Crippen molar-refractivity contribution in [1.82, 2.24) is 5.32 Å². The van der Waals surface area contributed by atoms with Gasteiger partial charge in [-0.3, -0.25) is 14.9 Å². The number of halogens is 2. The molecule has 0 unspecified atom stereocenters. The first-order valence-corrected chi connectivity index (χ1v) is 9.08. The van der Waals surface area contributed by atoms with Gasteiger partial charge in [0.2, 0.25) is 0 Å². The Labute approximate surface area is 168 Å². The zero-order valence-corrected chi connectivity index (χ0v) is 16.3. The van der Waals surface area contributed by atoms with Crippen molar-refractivity contribution in [2.45, 2.75) is 6.92 Å². The molecule has 8 heteroatoms. The van der Waals surface area contributed by atoms with Crippen molar-refractivity contribution >= 4 is 52.2 Å². The molecule has 1 saturated heterocycles. The van der Waals surface area contributed by atoms with Crippen LogP contribution in [0, 0.1) is 9.39 Å². The number of carbonyl (C=O) groups excluding carboxylic acids is 3. The molecule has 1 aliphatic heterocycles. The predicted molar refractivity (Wildman–Crippen MR) is 106 cm³/mol. The van der Waals surface area contributed by atoms with E-state index in [4.69, 9.17) is 4.74 Å². The summed E-state index contributed by atoms with van der Waals surface area (Å²) in [6.07, 6.45) is 1.38. The second-order valence-corrected chi connectivity index (χ2v) is 6.72. The van der Waals surface area contributed by atoms with Gasteiger partial charge in [-0.25, -0.2) is 14.1 Å². The quantitative estimate of drug-likeness (QED) is 0.413.